The Morgan fingerprint density at radius 2 is 1.00 bits per heavy atom. The van der Waals surface area contributed by atoms with Crippen molar-refractivity contribution < 1.29 is 29.5 Å². The number of ether oxygens (including phenoxy) is 3. The molecule has 0 aromatic carbocycles. The number of aliphatic hydroxyl groups excluding tert-OH is 3. The average molecular weight is 296 g/mol. The van der Waals surface area contributed by atoms with Gasteiger partial charge in [-0.3, -0.25) is 0 Å². The molecule has 0 bridgehead atoms. The van der Waals surface area contributed by atoms with Crippen molar-refractivity contribution in [1.82, 2.24) is 0 Å². The molecule has 0 rings (SSSR count). The van der Waals surface area contributed by atoms with Crippen LogP contribution in [-0.4, -0.2) is 74.8 Å². The highest BCUT2D eigenvalue weighted by Gasteiger charge is 1.90. The highest BCUT2D eigenvalue weighted by Crippen LogP contribution is 1.98. The molecule has 124 valence electrons. The molecule has 0 radical (unpaired) electrons. The molecule has 20 heavy (non-hydrogen) atoms. The van der Waals surface area contributed by atoms with Crippen LogP contribution in [-0.2, 0) is 14.2 Å². The van der Waals surface area contributed by atoms with E-state index >= 15 is 0 Å². The molecule has 0 amide bonds. The Balaban J connectivity index is 0. The summed E-state index contributed by atoms with van der Waals surface area (Å²) in [5.74, 6) is 0. The molecule has 0 aliphatic heterocycles. The lowest BCUT2D eigenvalue weighted by Crippen LogP contribution is -2.07. The van der Waals surface area contributed by atoms with Gasteiger partial charge in [0.15, 0.2) is 0 Å². The number of unbranched alkanes of at least 4 members (excludes halogenated alkanes) is 3. The van der Waals surface area contributed by atoms with Gasteiger partial charge in [0.1, 0.15) is 0 Å². The summed E-state index contributed by atoms with van der Waals surface area (Å²) < 4.78 is 15.0. The summed E-state index contributed by atoms with van der Waals surface area (Å²) in [6.07, 6.45) is 4.96. The van der Waals surface area contributed by atoms with Gasteiger partial charge < -0.3 is 29.5 Å². The molecule has 0 spiro atoms. The molecule has 0 aliphatic rings. The van der Waals surface area contributed by atoms with Crippen molar-refractivity contribution in [3.8, 4) is 0 Å². The van der Waals surface area contributed by atoms with Crippen molar-refractivity contribution in [3.05, 3.63) is 0 Å². The Morgan fingerprint density at radius 3 is 1.45 bits per heavy atom. The third kappa shape index (κ3) is 26.3. The maximum Gasteiger partial charge on any atom is 0.0701 e. The van der Waals surface area contributed by atoms with Gasteiger partial charge in [-0.1, -0.05) is 26.2 Å². The molecule has 6 nitrogen and oxygen atoms in total. The van der Waals surface area contributed by atoms with Crippen LogP contribution in [0.15, 0.2) is 0 Å². The largest absolute Gasteiger partial charge is 0.394 e. The third-order valence-corrected chi connectivity index (χ3v) is 2.22. The maximum atomic E-state index is 8.40. The summed E-state index contributed by atoms with van der Waals surface area (Å²) in [5, 5.41) is 24.6. The van der Waals surface area contributed by atoms with Gasteiger partial charge in [0, 0.05) is 6.61 Å². The van der Waals surface area contributed by atoms with Crippen LogP contribution >= 0.6 is 0 Å². The first-order valence-corrected chi connectivity index (χ1v) is 7.39. The van der Waals surface area contributed by atoms with Gasteiger partial charge in [-0.05, 0) is 6.42 Å². The van der Waals surface area contributed by atoms with Gasteiger partial charge in [-0.15, -0.1) is 0 Å². The number of aliphatic hydroxyl groups is 3. The third-order valence-electron chi connectivity index (χ3n) is 2.22. The van der Waals surface area contributed by atoms with Crippen molar-refractivity contribution in [2.75, 3.05) is 59.5 Å². The molecule has 6 heteroatoms. The van der Waals surface area contributed by atoms with Gasteiger partial charge in [-0.2, -0.15) is 0 Å². The normalized spacial score (nSPS) is 10.2. The minimum absolute atomic E-state index is 0.0278. The first kappa shape index (κ1) is 22.0. The zero-order valence-electron chi connectivity index (χ0n) is 12.8. The quantitative estimate of drug-likeness (QED) is 0.406. The lowest BCUT2D eigenvalue weighted by Gasteiger charge is -2.04. The summed E-state index contributed by atoms with van der Waals surface area (Å²) in [6.45, 7) is 5.48. The first-order valence-electron chi connectivity index (χ1n) is 7.39. The van der Waals surface area contributed by atoms with Crippen LogP contribution in [0.3, 0.4) is 0 Å². The van der Waals surface area contributed by atoms with E-state index in [1.807, 2.05) is 0 Å². The predicted molar refractivity (Wildman–Crippen MR) is 77.9 cm³/mol. The van der Waals surface area contributed by atoms with Gasteiger partial charge >= 0.3 is 0 Å². The molecule has 0 heterocycles. The van der Waals surface area contributed by atoms with Crippen LogP contribution in [0.1, 0.15) is 32.6 Å². The van der Waals surface area contributed by atoms with Crippen LogP contribution in [0.2, 0.25) is 0 Å². The topological polar surface area (TPSA) is 88.4 Å². The minimum Gasteiger partial charge on any atom is -0.394 e. The van der Waals surface area contributed by atoms with Crippen LogP contribution in [0, 0.1) is 0 Å². The maximum absolute atomic E-state index is 8.40. The summed E-state index contributed by atoms with van der Waals surface area (Å²) >= 11 is 0. The molecule has 0 saturated carbocycles. The monoisotopic (exact) mass is 296 g/mol. The Labute approximate surface area is 122 Å². The van der Waals surface area contributed by atoms with E-state index in [1.165, 1.54) is 19.3 Å². The molecule has 0 unspecified atom stereocenters. The smallest absolute Gasteiger partial charge is 0.0701 e. The summed E-state index contributed by atoms with van der Waals surface area (Å²) in [7, 11) is 0. The van der Waals surface area contributed by atoms with Crippen molar-refractivity contribution in [2.45, 2.75) is 32.6 Å². The number of hydrogen-bond acceptors (Lipinski definition) is 6. The van der Waals surface area contributed by atoms with E-state index in [9.17, 15) is 0 Å². The van der Waals surface area contributed by atoms with Crippen LogP contribution in [0.25, 0.3) is 0 Å². The second-order valence-electron chi connectivity index (χ2n) is 4.07. The van der Waals surface area contributed by atoms with Crippen molar-refractivity contribution >= 4 is 0 Å². The van der Waals surface area contributed by atoms with E-state index < -0.39 is 0 Å². The van der Waals surface area contributed by atoms with Crippen LogP contribution in [0.4, 0.5) is 0 Å². The fourth-order valence-corrected chi connectivity index (χ4v) is 1.25. The highest BCUT2D eigenvalue weighted by atomic mass is 16.5. The second kappa shape index (κ2) is 23.8. The average Bonchev–Trinajstić information content (AvgIpc) is 2.47. The molecule has 0 saturated heterocycles. The molecule has 0 atom stereocenters. The Morgan fingerprint density at radius 1 is 0.550 bits per heavy atom. The standard InChI is InChI=1S/C10H22O3.C4H10O3/c1-2-3-4-5-7-12-9-10-13-8-6-11;5-1-3-7-4-2-6/h11H,2-10H2,1H3;5-6H,1-4H2. The molecule has 3 N–H and O–H groups in total. The first-order chi connectivity index (χ1) is 9.83. The minimum atomic E-state index is 0.0278. The van der Waals surface area contributed by atoms with Crippen molar-refractivity contribution in [1.29, 1.82) is 0 Å². The lowest BCUT2D eigenvalue weighted by atomic mass is 10.2. The molecule has 0 aliphatic carbocycles. The SMILES string of the molecule is CCCCCCOCCOCCO.OCCOCCO. The Hall–Kier alpha value is -0.240. The predicted octanol–water partition coefficient (Wildman–Crippen LogP) is 0.580. The van der Waals surface area contributed by atoms with Gasteiger partial charge in [0.2, 0.25) is 0 Å². The van der Waals surface area contributed by atoms with E-state index in [-0.39, 0.29) is 19.8 Å². The summed E-state index contributed by atoms with van der Waals surface area (Å²) in [4.78, 5) is 0. The second-order valence-corrected chi connectivity index (χ2v) is 4.07. The molecule has 0 aromatic rings. The number of hydrogen-bond donors (Lipinski definition) is 3. The summed E-state index contributed by atoms with van der Waals surface area (Å²) in [5.41, 5.74) is 0. The van der Waals surface area contributed by atoms with Gasteiger partial charge in [0.05, 0.1) is 52.9 Å². The van der Waals surface area contributed by atoms with E-state index in [0.29, 0.717) is 33.0 Å². The fourth-order valence-electron chi connectivity index (χ4n) is 1.25. The Bertz CT molecular complexity index is 132. The van der Waals surface area contributed by atoms with E-state index in [1.54, 1.807) is 0 Å². The molecule has 0 fully saturated rings. The molecular formula is C14H32O6. The van der Waals surface area contributed by atoms with E-state index in [4.69, 9.17) is 24.8 Å². The molecular weight excluding hydrogens is 264 g/mol. The van der Waals surface area contributed by atoms with E-state index in [2.05, 4.69) is 11.7 Å². The van der Waals surface area contributed by atoms with Crippen molar-refractivity contribution in [2.24, 2.45) is 0 Å². The summed E-state index contributed by atoms with van der Waals surface area (Å²) in [6, 6.07) is 0. The van der Waals surface area contributed by atoms with Crippen LogP contribution in [0.5, 0.6) is 0 Å². The Kier molecular flexibility index (Phi) is 26.3. The van der Waals surface area contributed by atoms with Gasteiger partial charge in [0.25, 0.3) is 0 Å². The molecule has 0 aromatic heterocycles. The number of rotatable bonds is 14. The zero-order valence-corrected chi connectivity index (χ0v) is 12.8. The van der Waals surface area contributed by atoms with Gasteiger partial charge in [-0.25, -0.2) is 0 Å². The van der Waals surface area contributed by atoms with Crippen molar-refractivity contribution in [3.63, 3.8) is 0 Å². The fraction of sp³-hybridized carbons (Fsp3) is 1.00. The zero-order chi connectivity index (χ0) is 15.3. The highest BCUT2D eigenvalue weighted by molar-refractivity contribution is 4.39. The lowest BCUT2D eigenvalue weighted by molar-refractivity contribution is 0.0321. The van der Waals surface area contributed by atoms with E-state index in [0.717, 1.165) is 13.0 Å². The van der Waals surface area contributed by atoms with Crippen LogP contribution < -0.4 is 0 Å².